The molecule has 0 unspecified atom stereocenters. The zero-order valence-electron chi connectivity index (χ0n) is 10.9. The molecule has 3 nitrogen and oxygen atoms in total. The molecule has 1 aromatic rings. The summed E-state index contributed by atoms with van der Waals surface area (Å²) in [5.74, 6) is -0.147. The highest BCUT2D eigenvalue weighted by molar-refractivity contribution is 9.10. The fourth-order valence-electron chi connectivity index (χ4n) is 1.69. The van der Waals surface area contributed by atoms with E-state index in [4.69, 9.17) is 5.11 Å². The maximum atomic E-state index is 10.8. The Morgan fingerprint density at radius 2 is 2.11 bits per heavy atom. The molecule has 0 atom stereocenters. The molecule has 0 bridgehead atoms. The Bertz CT molecular complexity index is 405. The van der Waals surface area contributed by atoms with E-state index in [0.717, 1.165) is 29.0 Å². The monoisotopic (exact) mass is 313 g/mol. The number of unbranched alkanes of at least 4 members (excludes halogenated alkanes) is 1. The predicted molar refractivity (Wildman–Crippen MR) is 78.3 cm³/mol. The van der Waals surface area contributed by atoms with E-state index in [1.807, 2.05) is 0 Å². The van der Waals surface area contributed by atoms with Crippen LogP contribution in [0.25, 0.3) is 0 Å². The van der Waals surface area contributed by atoms with Crippen LogP contribution in [-0.2, 0) is 0 Å². The summed E-state index contributed by atoms with van der Waals surface area (Å²) in [5, 5.41) is 12.2. The van der Waals surface area contributed by atoms with Gasteiger partial charge >= 0.3 is 5.97 Å². The van der Waals surface area contributed by atoms with Gasteiger partial charge in [-0.3, -0.25) is 0 Å². The summed E-state index contributed by atoms with van der Waals surface area (Å²) in [4.78, 5) is 10.8. The van der Waals surface area contributed by atoms with Gasteiger partial charge in [0.25, 0.3) is 0 Å². The fourth-order valence-corrected chi connectivity index (χ4v) is 2.21. The van der Waals surface area contributed by atoms with E-state index in [1.165, 1.54) is 12.8 Å². The highest BCUT2D eigenvalue weighted by atomic mass is 79.9. The smallest absolute Gasteiger partial charge is 0.335 e. The van der Waals surface area contributed by atoms with Crippen molar-refractivity contribution >= 4 is 27.6 Å². The van der Waals surface area contributed by atoms with Gasteiger partial charge in [0.2, 0.25) is 0 Å². The number of carboxylic acid groups (broad SMARTS) is 1. The zero-order chi connectivity index (χ0) is 13.5. The second-order valence-electron chi connectivity index (χ2n) is 4.82. The zero-order valence-corrected chi connectivity index (χ0v) is 12.5. The van der Waals surface area contributed by atoms with Crippen LogP contribution in [0.3, 0.4) is 0 Å². The molecule has 1 aromatic carbocycles. The molecule has 18 heavy (non-hydrogen) atoms. The van der Waals surface area contributed by atoms with Gasteiger partial charge in [-0.25, -0.2) is 4.79 Å². The van der Waals surface area contributed by atoms with Crippen molar-refractivity contribution in [1.29, 1.82) is 0 Å². The molecule has 0 amide bonds. The number of rotatable bonds is 7. The van der Waals surface area contributed by atoms with Gasteiger partial charge in [-0.1, -0.05) is 26.7 Å². The van der Waals surface area contributed by atoms with Crippen LogP contribution in [0, 0.1) is 5.92 Å². The highest BCUT2D eigenvalue weighted by Gasteiger charge is 2.06. The van der Waals surface area contributed by atoms with Gasteiger partial charge in [0.1, 0.15) is 0 Å². The Morgan fingerprint density at radius 1 is 1.39 bits per heavy atom. The second kappa shape index (κ2) is 7.41. The van der Waals surface area contributed by atoms with Crippen molar-refractivity contribution in [3.63, 3.8) is 0 Å². The van der Waals surface area contributed by atoms with Crippen LogP contribution in [0.4, 0.5) is 5.69 Å². The van der Waals surface area contributed by atoms with Gasteiger partial charge < -0.3 is 10.4 Å². The maximum Gasteiger partial charge on any atom is 0.335 e. The van der Waals surface area contributed by atoms with Crippen molar-refractivity contribution in [3.05, 3.63) is 28.2 Å². The molecular formula is C14H20BrNO2. The molecule has 2 N–H and O–H groups in total. The van der Waals surface area contributed by atoms with Crippen LogP contribution in [0.15, 0.2) is 22.7 Å². The number of benzene rings is 1. The summed E-state index contributed by atoms with van der Waals surface area (Å²) in [5.41, 5.74) is 1.25. The van der Waals surface area contributed by atoms with Crippen molar-refractivity contribution < 1.29 is 9.90 Å². The van der Waals surface area contributed by atoms with Crippen LogP contribution in [0.1, 0.15) is 43.5 Å². The first-order chi connectivity index (χ1) is 8.50. The molecule has 0 heterocycles. The molecular weight excluding hydrogens is 294 g/mol. The molecule has 0 aliphatic carbocycles. The summed E-state index contributed by atoms with van der Waals surface area (Å²) in [6, 6.07) is 5.04. The minimum atomic E-state index is -0.904. The average molecular weight is 314 g/mol. The van der Waals surface area contributed by atoms with Crippen molar-refractivity contribution in [2.75, 3.05) is 11.9 Å². The Balaban J connectivity index is 2.41. The first kappa shape index (κ1) is 15.0. The van der Waals surface area contributed by atoms with E-state index in [0.29, 0.717) is 5.56 Å². The normalized spacial score (nSPS) is 10.7. The number of hydrogen-bond donors (Lipinski definition) is 2. The van der Waals surface area contributed by atoms with Gasteiger partial charge in [0.15, 0.2) is 0 Å². The van der Waals surface area contributed by atoms with Crippen LogP contribution >= 0.6 is 15.9 Å². The molecule has 0 fully saturated rings. The molecule has 0 saturated carbocycles. The minimum Gasteiger partial charge on any atom is -0.478 e. The van der Waals surface area contributed by atoms with Crippen molar-refractivity contribution in [2.24, 2.45) is 5.92 Å². The van der Waals surface area contributed by atoms with Crippen LogP contribution < -0.4 is 5.32 Å². The van der Waals surface area contributed by atoms with Crippen molar-refractivity contribution in [1.82, 2.24) is 0 Å². The van der Waals surface area contributed by atoms with Crippen molar-refractivity contribution in [2.45, 2.75) is 33.1 Å². The topological polar surface area (TPSA) is 49.3 Å². The largest absolute Gasteiger partial charge is 0.478 e. The van der Waals surface area contributed by atoms with E-state index in [1.54, 1.807) is 18.2 Å². The average Bonchev–Trinajstić information content (AvgIpc) is 2.29. The fraction of sp³-hybridized carbons (Fsp3) is 0.500. The summed E-state index contributed by atoms with van der Waals surface area (Å²) in [6.45, 7) is 5.38. The minimum absolute atomic E-state index is 0.298. The molecule has 4 heteroatoms. The Hall–Kier alpha value is -1.03. The lowest BCUT2D eigenvalue weighted by Gasteiger charge is -2.09. The van der Waals surface area contributed by atoms with Gasteiger partial charge in [0, 0.05) is 16.7 Å². The number of anilines is 1. The Kier molecular flexibility index (Phi) is 6.19. The Morgan fingerprint density at radius 3 is 2.67 bits per heavy atom. The van der Waals surface area contributed by atoms with Crippen LogP contribution in [0.2, 0.25) is 0 Å². The summed E-state index contributed by atoms with van der Waals surface area (Å²) >= 11 is 3.38. The van der Waals surface area contributed by atoms with Crippen LogP contribution in [-0.4, -0.2) is 17.6 Å². The highest BCUT2D eigenvalue weighted by Crippen LogP contribution is 2.23. The van der Waals surface area contributed by atoms with Gasteiger partial charge in [-0.2, -0.15) is 0 Å². The SMILES string of the molecule is CC(C)CCCCNc1ccc(C(=O)O)cc1Br. The standard InChI is InChI=1S/C14H20BrNO2/c1-10(2)5-3-4-8-16-13-7-6-11(14(17)18)9-12(13)15/h6-7,9-10,16H,3-5,8H2,1-2H3,(H,17,18). The first-order valence-corrected chi connectivity index (χ1v) is 7.06. The molecule has 0 aliphatic heterocycles. The van der Waals surface area contributed by atoms with Gasteiger partial charge in [0.05, 0.1) is 5.56 Å². The third kappa shape index (κ3) is 5.08. The molecule has 0 radical (unpaired) electrons. The third-order valence-electron chi connectivity index (χ3n) is 2.74. The lowest BCUT2D eigenvalue weighted by molar-refractivity contribution is 0.0697. The van der Waals surface area contributed by atoms with E-state index in [9.17, 15) is 4.79 Å². The van der Waals surface area contributed by atoms with E-state index < -0.39 is 5.97 Å². The van der Waals surface area contributed by atoms with Gasteiger partial charge in [-0.15, -0.1) is 0 Å². The summed E-state index contributed by atoms with van der Waals surface area (Å²) in [6.07, 6.45) is 3.60. The molecule has 0 aliphatic rings. The first-order valence-electron chi connectivity index (χ1n) is 6.27. The van der Waals surface area contributed by atoms with E-state index in [2.05, 4.69) is 35.1 Å². The Labute approximate surface area is 117 Å². The summed E-state index contributed by atoms with van der Waals surface area (Å²) < 4.78 is 0.797. The quantitative estimate of drug-likeness (QED) is 0.734. The number of halogens is 1. The van der Waals surface area contributed by atoms with Gasteiger partial charge in [-0.05, 0) is 46.5 Å². The molecule has 0 spiro atoms. The van der Waals surface area contributed by atoms with Crippen LogP contribution in [0.5, 0.6) is 0 Å². The van der Waals surface area contributed by atoms with E-state index in [-0.39, 0.29) is 0 Å². The lowest BCUT2D eigenvalue weighted by Crippen LogP contribution is -2.04. The molecule has 0 saturated heterocycles. The van der Waals surface area contributed by atoms with Crippen molar-refractivity contribution in [3.8, 4) is 0 Å². The number of nitrogens with one attached hydrogen (secondary N) is 1. The number of carbonyl (C=O) groups is 1. The maximum absolute atomic E-state index is 10.8. The molecule has 100 valence electrons. The number of hydrogen-bond acceptors (Lipinski definition) is 2. The predicted octanol–water partition coefficient (Wildman–Crippen LogP) is 4.39. The lowest BCUT2D eigenvalue weighted by atomic mass is 10.1. The van der Waals surface area contributed by atoms with E-state index >= 15 is 0 Å². The molecule has 0 aromatic heterocycles. The second-order valence-corrected chi connectivity index (χ2v) is 5.67. The summed E-state index contributed by atoms with van der Waals surface area (Å²) in [7, 11) is 0. The number of aromatic carboxylic acids is 1. The number of carboxylic acids is 1. The molecule has 1 rings (SSSR count). The third-order valence-corrected chi connectivity index (χ3v) is 3.40.